The Bertz CT molecular complexity index is 738. The number of fused-ring (bicyclic) bond motifs is 1. The first-order chi connectivity index (χ1) is 9.19. The van der Waals surface area contributed by atoms with E-state index in [4.69, 9.17) is 10.5 Å². The van der Waals surface area contributed by atoms with Gasteiger partial charge in [-0.3, -0.25) is 0 Å². The summed E-state index contributed by atoms with van der Waals surface area (Å²) in [7, 11) is 1.57. The molecule has 6 nitrogen and oxygen atoms in total. The lowest BCUT2D eigenvalue weighted by Crippen LogP contribution is -1.97. The molecule has 3 rings (SSSR count). The highest BCUT2D eigenvalue weighted by atomic mass is 32.1. The normalized spacial score (nSPS) is 11.3. The van der Waals surface area contributed by atoms with Crippen molar-refractivity contribution in [2.75, 3.05) is 12.8 Å². The molecule has 0 aliphatic carbocycles. The first-order valence-electron chi connectivity index (χ1n) is 5.44. The van der Waals surface area contributed by atoms with Gasteiger partial charge < -0.3 is 10.5 Å². The number of aromatic nitrogens is 4. The number of nitrogens with two attached hydrogens (primary N) is 1. The summed E-state index contributed by atoms with van der Waals surface area (Å²) in [5, 5.41) is 13.0. The lowest BCUT2D eigenvalue weighted by Gasteiger charge is -1.98. The Balaban J connectivity index is 2.07. The number of nitrogen functional groups attached to an aromatic ring is 1. The van der Waals surface area contributed by atoms with Crippen LogP contribution in [-0.4, -0.2) is 26.9 Å². The minimum Gasteiger partial charge on any atom is -0.396 e. The Labute approximate surface area is 111 Å². The highest BCUT2D eigenvalue weighted by Gasteiger charge is 2.13. The third kappa shape index (κ3) is 2.04. The second kappa shape index (κ2) is 4.56. The minimum atomic E-state index is -0.458. The second-order valence-electron chi connectivity index (χ2n) is 3.89. The van der Waals surface area contributed by atoms with E-state index in [1.807, 2.05) is 0 Å². The van der Waals surface area contributed by atoms with E-state index in [2.05, 4.69) is 15.3 Å². The SMILES string of the molecule is COCc1nnc2sc(-c3ccc(N)c(F)c3)nn12. The maximum absolute atomic E-state index is 13.4. The smallest absolute Gasteiger partial charge is 0.235 e. The molecule has 0 atom stereocenters. The van der Waals surface area contributed by atoms with E-state index in [1.54, 1.807) is 17.7 Å². The Morgan fingerprint density at radius 2 is 2.26 bits per heavy atom. The third-order valence-electron chi connectivity index (χ3n) is 2.58. The van der Waals surface area contributed by atoms with Crippen LogP contribution in [0, 0.1) is 5.82 Å². The van der Waals surface area contributed by atoms with Crippen molar-refractivity contribution in [3.05, 3.63) is 29.8 Å². The quantitative estimate of drug-likeness (QED) is 0.738. The Hall–Kier alpha value is -2.06. The van der Waals surface area contributed by atoms with Gasteiger partial charge in [0.15, 0.2) is 5.82 Å². The van der Waals surface area contributed by atoms with E-state index in [0.717, 1.165) is 0 Å². The molecule has 0 aliphatic heterocycles. The number of rotatable bonds is 3. The topological polar surface area (TPSA) is 78.3 Å². The zero-order chi connectivity index (χ0) is 13.4. The maximum atomic E-state index is 13.4. The molecule has 2 N–H and O–H groups in total. The molecule has 0 bridgehead atoms. The largest absolute Gasteiger partial charge is 0.396 e. The van der Waals surface area contributed by atoms with Crippen LogP contribution in [0.25, 0.3) is 15.5 Å². The molecule has 8 heteroatoms. The van der Waals surface area contributed by atoms with Gasteiger partial charge in [-0.25, -0.2) is 4.39 Å². The first-order valence-corrected chi connectivity index (χ1v) is 6.26. The zero-order valence-corrected chi connectivity index (χ0v) is 10.8. The molecule has 1 aromatic carbocycles. The highest BCUT2D eigenvalue weighted by molar-refractivity contribution is 7.19. The predicted molar refractivity (Wildman–Crippen MR) is 69.2 cm³/mol. The van der Waals surface area contributed by atoms with Crippen LogP contribution >= 0.6 is 11.3 Å². The number of halogens is 1. The van der Waals surface area contributed by atoms with Crippen molar-refractivity contribution in [2.45, 2.75) is 6.61 Å². The summed E-state index contributed by atoms with van der Waals surface area (Å²) in [6, 6.07) is 4.60. The summed E-state index contributed by atoms with van der Waals surface area (Å²) in [5.41, 5.74) is 6.22. The second-order valence-corrected chi connectivity index (χ2v) is 4.84. The van der Waals surface area contributed by atoms with Crippen LogP contribution in [0.2, 0.25) is 0 Å². The molecule has 0 fully saturated rings. The lowest BCUT2D eigenvalue weighted by molar-refractivity contribution is 0.176. The molecule has 98 valence electrons. The van der Waals surface area contributed by atoms with Crippen molar-refractivity contribution >= 4 is 22.0 Å². The predicted octanol–water partition coefficient (Wildman–Crippen LogP) is 1.72. The van der Waals surface area contributed by atoms with E-state index in [1.165, 1.54) is 23.5 Å². The van der Waals surface area contributed by atoms with Crippen molar-refractivity contribution in [3.8, 4) is 10.6 Å². The summed E-state index contributed by atoms with van der Waals surface area (Å²) in [6.07, 6.45) is 0. The van der Waals surface area contributed by atoms with Crippen molar-refractivity contribution in [1.29, 1.82) is 0 Å². The fourth-order valence-electron chi connectivity index (χ4n) is 1.65. The molecule has 0 unspecified atom stereocenters. The van der Waals surface area contributed by atoms with Gasteiger partial charge in [-0.15, -0.1) is 10.2 Å². The van der Waals surface area contributed by atoms with E-state index >= 15 is 0 Å². The number of methoxy groups -OCH3 is 1. The van der Waals surface area contributed by atoms with Crippen LogP contribution in [0.3, 0.4) is 0 Å². The summed E-state index contributed by atoms with van der Waals surface area (Å²) >= 11 is 1.33. The van der Waals surface area contributed by atoms with Gasteiger partial charge in [-0.1, -0.05) is 11.3 Å². The summed E-state index contributed by atoms with van der Waals surface area (Å²) in [4.78, 5) is 0.638. The third-order valence-corrected chi connectivity index (χ3v) is 3.52. The molecular weight excluding hydrogens is 269 g/mol. The molecule has 0 radical (unpaired) electrons. The molecule has 0 aliphatic rings. The summed E-state index contributed by atoms with van der Waals surface area (Å²) in [5.74, 6) is 0.150. The fourth-order valence-corrected chi connectivity index (χ4v) is 2.51. The summed E-state index contributed by atoms with van der Waals surface area (Å²) < 4.78 is 20.0. The molecule has 0 spiro atoms. The van der Waals surface area contributed by atoms with Gasteiger partial charge in [0.2, 0.25) is 4.96 Å². The molecule has 2 heterocycles. The number of benzene rings is 1. The molecule has 19 heavy (non-hydrogen) atoms. The van der Waals surface area contributed by atoms with Crippen LogP contribution in [0.1, 0.15) is 5.82 Å². The standard InChI is InChI=1S/C11H10FN5OS/c1-18-5-9-14-15-11-17(9)16-10(19-11)6-2-3-8(13)7(12)4-6/h2-4H,5,13H2,1H3. The van der Waals surface area contributed by atoms with E-state index in [-0.39, 0.29) is 5.69 Å². The van der Waals surface area contributed by atoms with Gasteiger partial charge in [0.1, 0.15) is 17.4 Å². The van der Waals surface area contributed by atoms with Gasteiger partial charge >= 0.3 is 0 Å². The zero-order valence-electron chi connectivity index (χ0n) is 10.00. The van der Waals surface area contributed by atoms with E-state index in [0.29, 0.717) is 28.0 Å². The van der Waals surface area contributed by atoms with Crippen LogP contribution in [0.5, 0.6) is 0 Å². The van der Waals surface area contributed by atoms with Crippen LogP contribution in [0.4, 0.5) is 10.1 Å². The van der Waals surface area contributed by atoms with Crippen LogP contribution < -0.4 is 5.73 Å². The molecule has 0 saturated carbocycles. The fraction of sp³-hybridized carbons (Fsp3) is 0.182. The van der Waals surface area contributed by atoms with Gasteiger partial charge in [0.05, 0.1) is 5.69 Å². The first kappa shape index (κ1) is 12.0. The maximum Gasteiger partial charge on any atom is 0.235 e. The van der Waals surface area contributed by atoms with Crippen molar-refractivity contribution < 1.29 is 9.13 Å². The van der Waals surface area contributed by atoms with Crippen molar-refractivity contribution in [2.24, 2.45) is 0 Å². The minimum absolute atomic E-state index is 0.117. The van der Waals surface area contributed by atoms with Crippen LogP contribution in [-0.2, 0) is 11.3 Å². The van der Waals surface area contributed by atoms with Gasteiger partial charge in [0.25, 0.3) is 0 Å². The van der Waals surface area contributed by atoms with E-state index in [9.17, 15) is 4.39 Å². The van der Waals surface area contributed by atoms with Crippen molar-refractivity contribution in [1.82, 2.24) is 19.8 Å². The molecule has 3 aromatic rings. The van der Waals surface area contributed by atoms with Gasteiger partial charge in [-0.05, 0) is 18.2 Å². The number of nitrogens with zero attached hydrogens (tertiary/aromatic N) is 4. The average molecular weight is 279 g/mol. The number of ether oxygens (including phenoxy) is 1. The average Bonchev–Trinajstić information content (AvgIpc) is 2.95. The molecule has 2 aromatic heterocycles. The number of hydrogen-bond donors (Lipinski definition) is 1. The Morgan fingerprint density at radius 3 is 3.00 bits per heavy atom. The van der Waals surface area contributed by atoms with E-state index < -0.39 is 5.82 Å². The van der Waals surface area contributed by atoms with Gasteiger partial charge in [0, 0.05) is 12.7 Å². The Morgan fingerprint density at radius 1 is 1.42 bits per heavy atom. The Kier molecular flexibility index (Phi) is 2.88. The monoisotopic (exact) mass is 279 g/mol. The summed E-state index contributed by atoms with van der Waals surface area (Å²) in [6.45, 7) is 0.320. The lowest BCUT2D eigenvalue weighted by atomic mass is 10.2. The number of anilines is 1. The van der Waals surface area contributed by atoms with Crippen molar-refractivity contribution in [3.63, 3.8) is 0 Å². The molecular formula is C11H10FN5OS. The number of hydrogen-bond acceptors (Lipinski definition) is 6. The van der Waals surface area contributed by atoms with Crippen LogP contribution in [0.15, 0.2) is 18.2 Å². The molecule has 0 amide bonds. The molecule has 0 saturated heterocycles. The van der Waals surface area contributed by atoms with Gasteiger partial charge in [-0.2, -0.15) is 9.61 Å². The highest BCUT2D eigenvalue weighted by Crippen LogP contribution is 2.27.